The molecule has 0 radical (unpaired) electrons. The lowest BCUT2D eigenvalue weighted by molar-refractivity contribution is 0.0559. The van der Waals surface area contributed by atoms with Crippen molar-refractivity contribution in [2.75, 3.05) is 26.2 Å². The van der Waals surface area contributed by atoms with Crippen molar-refractivity contribution in [3.05, 3.63) is 101 Å². The zero-order valence-corrected chi connectivity index (χ0v) is 18.2. The molecule has 0 saturated carbocycles. The third-order valence-corrected chi connectivity index (χ3v) is 5.93. The van der Waals surface area contributed by atoms with Crippen LogP contribution in [0.15, 0.2) is 71.3 Å². The number of nitrogens with zero attached hydrogens (tertiary/aromatic N) is 6. The van der Waals surface area contributed by atoms with Crippen molar-refractivity contribution in [3.63, 3.8) is 0 Å². The van der Waals surface area contributed by atoms with Crippen molar-refractivity contribution in [1.82, 2.24) is 30.0 Å². The maximum absolute atomic E-state index is 13.7. The van der Waals surface area contributed by atoms with E-state index in [1.807, 2.05) is 0 Å². The Hall–Kier alpha value is -3.92. The lowest BCUT2D eigenvalue weighted by Crippen LogP contribution is -2.50. The molecule has 2 aromatic carbocycles. The van der Waals surface area contributed by atoms with Gasteiger partial charge >= 0.3 is 0 Å². The second kappa shape index (κ2) is 9.52. The van der Waals surface area contributed by atoms with Gasteiger partial charge in [-0.1, -0.05) is 24.3 Å². The van der Waals surface area contributed by atoms with Gasteiger partial charge in [-0.3, -0.25) is 9.69 Å². The van der Waals surface area contributed by atoms with E-state index in [2.05, 4.69) is 20.4 Å². The molecule has 4 aromatic rings. The summed E-state index contributed by atoms with van der Waals surface area (Å²) >= 11 is 0. The van der Waals surface area contributed by atoms with Gasteiger partial charge in [0.2, 0.25) is 0 Å². The Morgan fingerprint density at radius 3 is 2.26 bits per heavy atom. The molecule has 5 rings (SSSR count). The van der Waals surface area contributed by atoms with Crippen LogP contribution in [0.2, 0.25) is 0 Å². The summed E-state index contributed by atoms with van der Waals surface area (Å²) in [4.78, 5) is 16.6. The smallest absolute Gasteiger partial charge is 0.289 e. The third-order valence-electron chi connectivity index (χ3n) is 5.93. The Bertz CT molecular complexity index is 1230. The van der Waals surface area contributed by atoms with E-state index in [1.54, 1.807) is 46.0 Å². The summed E-state index contributed by atoms with van der Waals surface area (Å²) < 4.78 is 33.9. The minimum atomic E-state index is -0.350. The van der Waals surface area contributed by atoms with Gasteiger partial charge in [0.15, 0.2) is 11.6 Å². The molecule has 1 aliphatic heterocycles. The highest BCUT2D eigenvalue weighted by Crippen LogP contribution is 2.29. The number of amides is 1. The molecule has 1 amide bonds. The molecule has 2 aromatic heterocycles. The van der Waals surface area contributed by atoms with E-state index in [4.69, 9.17) is 4.42 Å². The van der Waals surface area contributed by atoms with E-state index in [-0.39, 0.29) is 23.6 Å². The first-order chi connectivity index (χ1) is 16.6. The highest BCUT2D eigenvalue weighted by Gasteiger charge is 2.32. The van der Waals surface area contributed by atoms with E-state index in [9.17, 15) is 13.6 Å². The molecule has 34 heavy (non-hydrogen) atoms. The number of carbonyl (C=O) groups excluding carboxylic acids is 1. The number of rotatable bonds is 6. The molecule has 1 saturated heterocycles. The SMILES string of the molecule is O=C(c1ccco1)N1CCN([C@H](c2ccc(F)cc2)c2nnnn2Cc2ccc(F)cc2)CC1. The lowest BCUT2D eigenvalue weighted by Gasteiger charge is -2.38. The Morgan fingerprint density at radius 1 is 0.941 bits per heavy atom. The monoisotopic (exact) mass is 464 g/mol. The van der Waals surface area contributed by atoms with Crippen LogP contribution in [0.25, 0.3) is 0 Å². The average molecular weight is 464 g/mol. The molecule has 3 heterocycles. The largest absolute Gasteiger partial charge is 0.459 e. The predicted octanol–water partition coefficient (Wildman–Crippen LogP) is 3.14. The Morgan fingerprint density at radius 2 is 1.62 bits per heavy atom. The highest BCUT2D eigenvalue weighted by atomic mass is 19.1. The molecule has 1 aliphatic rings. The number of furan rings is 1. The van der Waals surface area contributed by atoms with Crippen LogP contribution in [-0.4, -0.2) is 62.1 Å². The fourth-order valence-electron chi connectivity index (χ4n) is 4.19. The number of piperazine rings is 1. The summed E-state index contributed by atoms with van der Waals surface area (Å²) in [6, 6.07) is 15.4. The summed E-state index contributed by atoms with van der Waals surface area (Å²) in [5, 5.41) is 12.3. The number of halogens is 2. The van der Waals surface area contributed by atoms with Crippen LogP contribution in [0.5, 0.6) is 0 Å². The Kier molecular flexibility index (Phi) is 6.13. The Balaban J connectivity index is 1.40. The van der Waals surface area contributed by atoms with Gasteiger partial charge in [-0.25, -0.2) is 13.5 Å². The third kappa shape index (κ3) is 4.58. The van der Waals surface area contributed by atoms with Crippen molar-refractivity contribution in [2.24, 2.45) is 0 Å². The van der Waals surface area contributed by atoms with Crippen LogP contribution in [-0.2, 0) is 6.54 Å². The van der Waals surface area contributed by atoms with Gasteiger partial charge in [0, 0.05) is 26.2 Å². The molecule has 8 nitrogen and oxygen atoms in total. The molecular formula is C24H22F2N6O2. The zero-order chi connectivity index (χ0) is 23.5. The maximum atomic E-state index is 13.7. The summed E-state index contributed by atoms with van der Waals surface area (Å²) in [6.45, 7) is 2.49. The first kappa shape index (κ1) is 21.9. The molecule has 0 aliphatic carbocycles. The van der Waals surface area contributed by atoms with Gasteiger partial charge in [0.05, 0.1) is 18.8 Å². The highest BCUT2D eigenvalue weighted by molar-refractivity contribution is 5.91. The standard InChI is InChI=1S/C24H22F2N6O2/c25-19-7-3-17(4-8-19)16-32-23(27-28-29-32)22(18-5-9-20(26)10-6-18)30-11-13-31(14-12-30)24(33)21-2-1-15-34-21/h1-10,15,22H,11-14,16H2/t22-/m1/s1. The normalized spacial score (nSPS) is 15.4. The molecule has 1 atom stereocenters. The van der Waals surface area contributed by atoms with E-state index in [0.717, 1.165) is 11.1 Å². The fraction of sp³-hybridized carbons (Fsp3) is 0.250. The predicted molar refractivity (Wildman–Crippen MR) is 118 cm³/mol. The number of aromatic nitrogens is 4. The first-order valence-corrected chi connectivity index (χ1v) is 10.9. The van der Waals surface area contributed by atoms with E-state index in [1.165, 1.54) is 30.5 Å². The summed E-state index contributed by atoms with van der Waals surface area (Å²) in [5.74, 6) is 0.103. The minimum Gasteiger partial charge on any atom is -0.459 e. The number of hydrogen-bond donors (Lipinski definition) is 0. The molecule has 0 unspecified atom stereocenters. The number of tetrazole rings is 1. The van der Waals surface area contributed by atoms with Crippen LogP contribution in [0, 0.1) is 11.6 Å². The molecule has 1 fully saturated rings. The molecule has 0 N–H and O–H groups in total. The van der Waals surface area contributed by atoms with E-state index in [0.29, 0.717) is 44.3 Å². The number of hydrogen-bond acceptors (Lipinski definition) is 6. The minimum absolute atomic E-state index is 0.149. The first-order valence-electron chi connectivity index (χ1n) is 10.9. The summed E-state index contributed by atoms with van der Waals surface area (Å²) in [5.41, 5.74) is 1.68. The molecule has 0 spiro atoms. The molecule has 174 valence electrons. The van der Waals surface area contributed by atoms with Gasteiger partial charge in [-0.2, -0.15) is 0 Å². The second-order valence-corrected chi connectivity index (χ2v) is 8.08. The Labute approximate surface area is 194 Å². The summed E-state index contributed by atoms with van der Waals surface area (Å²) in [7, 11) is 0. The zero-order valence-electron chi connectivity index (χ0n) is 18.2. The second-order valence-electron chi connectivity index (χ2n) is 8.08. The van der Waals surface area contributed by atoms with Crippen LogP contribution in [0.3, 0.4) is 0 Å². The van der Waals surface area contributed by atoms with Crippen molar-refractivity contribution in [3.8, 4) is 0 Å². The van der Waals surface area contributed by atoms with Crippen LogP contribution in [0.4, 0.5) is 8.78 Å². The van der Waals surface area contributed by atoms with Gasteiger partial charge < -0.3 is 9.32 Å². The van der Waals surface area contributed by atoms with Crippen molar-refractivity contribution < 1.29 is 18.0 Å². The molecular weight excluding hydrogens is 442 g/mol. The number of benzene rings is 2. The lowest BCUT2D eigenvalue weighted by atomic mass is 10.0. The van der Waals surface area contributed by atoms with Gasteiger partial charge in [0.25, 0.3) is 5.91 Å². The van der Waals surface area contributed by atoms with Gasteiger partial charge in [0.1, 0.15) is 11.6 Å². The quantitative estimate of drug-likeness (QED) is 0.436. The van der Waals surface area contributed by atoms with Gasteiger partial charge in [-0.15, -0.1) is 5.10 Å². The van der Waals surface area contributed by atoms with Crippen molar-refractivity contribution in [1.29, 1.82) is 0 Å². The van der Waals surface area contributed by atoms with Crippen molar-refractivity contribution in [2.45, 2.75) is 12.6 Å². The molecule has 10 heteroatoms. The van der Waals surface area contributed by atoms with Crippen LogP contribution in [0.1, 0.15) is 33.5 Å². The average Bonchev–Trinajstić information content (AvgIpc) is 3.55. The molecule has 0 bridgehead atoms. The van der Waals surface area contributed by atoms with Crippen molar-refractivity contribution >= 4 is 5.91 Å². The van der Waals surface area contributed by atoms with E-state index < -0.39 is 0 Å². The summed E-state index contributed by atoms with van der Waals surface area (Å²) in [6.07, 6.45) is 1.48. The number of carbonyl (C=O) groups is 1. The topological polar surface area (TPSA) is 80.3 Å². The van der Waals surface area contributed by atoms with E-state index >= 15 is 0 Å². The maximum Gasteiger partial charge on any atom is 0.289 e. The van der Waals surface area contributed by atoms with Crippen LogP contribution < -0.4 is 0 Å². The van der Waals surface area contributed by atoms with Gasteiger partial charge in [-0.05, 0) is 58.0 Å². The fourth-order valence-corrected chi connectivity index (χ4v) is 4.19. The van der Waals surface area contributed by atoms with Crippen LogP contribution >= 0.6 is 0 Å².